The van der Waals surface area contributed by atoms with Crippen LogP contribution < -0.4 is 0 Å². The zero-order valence-electron chi connectivity index (χ0n) is 13.4. The Bertz CT molecular complexity index is 1040. The standard InChI is InChI=1S/C18H13Cl2N3O2S/c19-15-5-13(6-16(20)7-15)12-1-3-17(4-2-12)26(24,25)23-9-14-8-21-11-22-18(14)10-23/h1-8,11H,9-10H2. The number of hydrogen-bond acceptors (Lipinski definition) is 4. The lowest BCUT2D eigenvalue weighted by molar-refractivity contribution is 0.429. The van der Waals surface area contributed by atoms with Crippen LogP contribution in [0.3, 0.4) is 0 Å². The fraction of sp³-hybridized carbons (Fsp3) is 0.111. The van der Waals surface area contributed by atoms with E-state index >= 15 is 0 Å². The lowest BCUT2D eigenvalue weighted by Crippen LogP contribution is -2.25. The third-order valence-electron chi connectivity index (χ3n) is 4.24. The first-order valence-electron chi connectivity index (χ1n) is 7.78. The van der Waals surface area contributed by atoms with Crippen LogP contribution in [0, 0.1) is 0 Å². The molecule has 4 rings (SSSR count). The van der Waals surface area contributed by atoms with Gasteiger partial charge in [-0.25, -0.2) is 18.4 Å². The molecule has 1 aromatic heterocycles. The Kier molecular flexibility index (Phi) is 4.44. The van der Waals surface area contributed by atoms with Crippen molar-refractivity contribution in [1.82, 2.24) is 14.3 Å². The first-order chi connectivity index (χ1) is 12.4. The van der Waals surface area contributed by atoms with E-state index < -0.39 is 10.0 Å². The minimum absolute atomic E-state index is 0.232. The van der Waals surface area contributed by atoms with Gasteiger partial charge in [0, 0.05) is 28.4 Å². The van der Waals surface area contributed by atoms with Gasteiger partial charge in [-0.1, -0.05) is 35.3 Å². The van der Waals surface area contributed by atoms with E-state index in [1.807, 2.05) is 0 Å². The fourth-order valence-corrected chi connectivity index (χ4v) is 4.84. The number of fused-ring (bicyclic) bond motifs is 1. The monoisotopic (exact) mass is 405 g/mol. The molecule has 0 saturated heterocycles. The summed E-state index contributed by atoms with van der Waals surface area (Å²) in [6.45, 7) is 0.538. The molecule has 0 N–H and O–H groups in total. The Hall–Kier alpha value is -1.99. The maximum absolute atomic E-state index is 12.9. The zero-order valence-corrected chi connectivity index (χ0v) is 15.8. The Labute approximate surface area is 161 Å². The zero-order chi connectivity index (χ0) is 18.3. The van der Waals surface area contributed by atoms with Crippen LogP contribution in [-0.4, -0.2) is 22.7 Å². The van der Waals surface area contributed by atoms with Gasteiger partial charge in [0.25, 0.3) is 0 Å². The van der Waals surface area contributed by atoms with Crippen molar-refractivity contribution in [2.45, 2.75) is 18.0 Å². The summed E-state index contributed by atoms with van der Waals surface area (Å²) in [5.41, 5.74) is 3.24. The van der Waals surface area contributed by atoms with Gasteiger partial charge in [0.2, 0.25) is 10.0 Å². The van der Waals surface area contributed by atoms with Gasteiger partial charge in [-0.2, -0.15) is 4.31 Å². The van der Waals surface area contributed by atoms with E-state index in [4.69, 9.17) is 23.2 Å². The molecule has 0 fully saturated rings. The molecule has 1 aliphatic heterocycles. The molecule has 3 aromatic rings. The first-order valence-corrected chi connectivity index (χ1v) is 9.97. The van der Waals surface area contributed by atoms with Crippen LogP contribution in [0.25, 0.3) is 11.1 Å². The molecule has 2 heterocycles. The second-order valence-corrected chi connectivity index (χ2v) is 8.76. The highest BCUT2D eigenvalue weighted by atomic mass is 35.5. The van der Waals surface area contributed by atoms with Crippen molar-refractivity contribution in [3.63, 3.8) is 0 Å². The molecule has 0 bridgehead atoms. The van der Waals surface area contributed by atoms with Crippen molar-refractivity contribution in [2.24, 2.45) is 0 Å². The predicted octanol–water partition coefficient (Wildman–Crippen LogP) is 4.15. The second-order valence-electron chi connectivity index (χ2n) is 5.95. The lowest BCUT2D eigenvalue weighted by atomic mass is 10.1. The van der Waals surface area contributed by atoms with Gasteiger partial charge in [0.15, 0.2) is 0 Å². The number of nitrogens with zero attached hydrogens (tertiary/aromatic N) is 3. The molecule has 0 atom stereocenters. The minimum Gasteiger partial charge on any atom is -0.244 e. The Morgan fingerprint density at radius 2 is 1.62 bits per heavy atom. The van der Waals surface area contributed by atoms with Crippen molar-refractivity contribution in [2.75, 3.05) is 0 Å². The van der Waals surface area contributed by atoms with Crippen molar-refractivity contribution in [1.29, 1.82) is 0 Å². The highest BCUT2D eigenvalue weighted by Crippen LogP contribution is 2.30. The summed E-state index contributed by atoms with van der Waals surface area (Å²) in [6, 6.07) is 11.9. The lowest BCUT2D eigenvalue weighted by Gasteiger charge is -2.15. The van der Waals surface area contributed by atoms with Crippen LogP contribution in [0.1, 0.15) is 11.3 Å². The van der Waals surface area contributed by atoms with E-state index in [2.05, 4.69) is 9.97 Å². The third-order valence-corrected chi connectivity index (χ3v) is 6.48. The SMILES string of the molecule is O=S(=O)(c1ccc(-c2cc(Cl)cc(Cl)c2)cc1)N1Cc2cncnc2C1. The van der Waals surface area contributed by atoms with Crippen molar-refractivity contribution < 1.29 is 8.42 Å². The van der Waals surface area contributed by atoms with Gasteiger partial charge in [-0.15, -0.1) is 0 Å². The molecule has 1 aliphatic rings. The molecule has 0 saturated carbocycles. The number of aromatic nitrogens is 2. The van der Waals surface area contributed by atoms with Gasteiger partial charge in [-0.3, -0.25) is 0 Å². The molecule has 2 aromatic carbocycles. The van der Waals surface area contributed by atoms with Crippen molar-refractivity contribution in [3.8, 4) is 11.1 Å². The fourth-order valence-electron chi connectivity index (χ4n) is 2.93. The Morgan fingerprint density at radius 3 is 2.27 bits per heavy atom. The summed E-state index contributed by atoms with van der Waals surface area (Å²) in [5.74, 6) is 0. The maximum Gasteiger partial charge on any atom is 0.243 e. The van der Waals surface area contributed by atoms with E-state index in [0.29, 0.717) is 10.0 Å². The summed E-state index contributed by atoms with van der Waals surface area (Å²) >= 11 is 12.1. The number of benzene rings is 2. The molecule has 0 amide bonds. The highest BCUT2D eigenvalue weighted by molar-refractivity contribution is 7.89. The van der Waals surface area contributed by atoms with Crippen LogP contribution in [0.15, 0.2) is 59.9 Å². The average Bonchev–Trinajstić information content (AvgIpc) is 3.06. The molecule has 26 heavy (non-hydrogen) atoms. The van der Waals surface area contributed by atoms with Gasteiger partial charge >= 0.3 is 0 Å². The smallest absolute Gasteiger partial charge is 0.243 e. The summed E-state index contributed by atoms with van der Waals surface area (Å²) < 4.78 is 27.2. The molecule has 0 unspecified atom stereocenters. The van der Waals surface area contributed by atoms with Crippen LogP contribution in [0.5, 0.6) is 0 Å². The van der Waals surface area contributed by atoms with Crippen LogP contribution >= 0.6 is 23.2 Å². The van der Waals surface area contributed by atoms with E-state index in [-0.39, 0.29) is 18.0 Å². The average molecular weight is 406 g/mol. The molecule has 5 nitrogen and oxygen atoms in total. The minimum atomic E-state index is -3.61. The van der Waals surface area contributed by atoms with Gasteiger partial charge in [0.05, 0.1) is 17.1 Å². The number of hydrogen-bond donors (Lipinski definition) is 0. The van der Waals surface area contributed by atoms with Crippen molar-refractivity contribution >= 4 is 33.2 Å². The maximum atomic E-state index is 12.9. The van der Waals surface area contributed by atoms with E-state index in [0.717, 1.165) is 22.4 Å². The second kappa shape index (κ2) is 6.63. The van der Waals surface area contributed by atoms with Crippen LogP contribution in [0.2, 0.25) is 10.0 Å². The summed E-state index contributed by atoms with van der Waals surface area (Å²) in [5, 5.41) is 1.06. The number of halogens is 2. The van der Waals surface area contributed by atoms with Gasteiger partial charge in [-0.05, 0) is 41.5 Å². The normalized spacial score (nSPS) is 14.4. The summed E-state index contributed by atoms with van der Waals surface area (Å²) in [4.78, 5) is 8.33. The Balaban J connectivity index is 1.62. The molecule has 0 spiro atoms. The number of rotatable bonds is 3. The van der Waals surface area contributed by atoms with Crippen LogP contribution in [0.4, 0.5) is 0 Å². The van der Waals surface area contributed by atoms with E-state index in [1.165, 1.54) is 10.6 Å². The quantitative estimate of drug-likeness (QED) is 0.656. The van der Waals surface area contributed by atoms with E-state index in [1.54, 1.807) is 48.7 Å². The topological polar surface area (TPSA) is 63.2 Å². The third kappa shape index (κ3) is 3.21. The molecular weight excluding hydrogens is 393 g/mol. The first kappa shape index (κ1) is 17.4. The van der Waals surface area contributed by atoms with Gasteiger partial charge < -0.3 is 0 Å². The Morgan fingerprint density at radius 1 is 0.923 bits per heavy atom. The highest BCUT2D eigenvalue weighted by Gasteiger charge is 2.31. The number of sulfonamides is 1. The molecule has 0 radical (unpaired) electrons. The molecular formula is C18H13Cl2N3O2S. The van der Waals surface area contributed by atoms with E-state index in [9.17, 15) is 8.42 Å². The molecule has 132 valence electrons. The summed E-state index contributed by atoms with van der Waals surface area (Å²) in [7, 11) is -3.61. The molecule has 8 heteroatoms. The predicted molar refractivity (Wildman–Crippen MR) is 100 cm³/mol. The van der Waals surface area contributed by atoms with Gasteiger partial charge in [0.1, 0.15) is 6.33 Å². The van der Waals surface area contributed by atoms with Crippen LogP contribution in [-0.2, 0) is 23.1 Å². The largest absolute Gasteiger partial charge is 0.244 e. The van der Waals surface area contributed by atoms with Crippen molar-refractivity contribution in [3.05, 3.63) is 76.3 Å². The summed E-state index contributed by atoms with van der Waals surface area (Å²) in [6.07, 6.45) is 3.09. The molecule has 0 aliphatic carbocycles.